The number of hydrogen-bond acceptors (Lipinski definition) is 5. The van der Waals surface area contributed by atoms with Crippen LogP contribution in [0.25, 0.3) is 0 Å². The first-order chi connectivity index (χ1) is 9.65. The van der Waals surface area contributed by atoms with E-state index in [9.17, 15) is 0 Å². The Morgan fingerprint density at radius 2 is 1.14 bits per heavy atom. The maximum Gasteiger partial charge on any atom is 0.118 e. The van der Waals surface area contributed by atoms with E-state index in [0.29, 0.717) is 18.4 Å². The lowest BCUT2D eigenvalue weighted by atomic mass is 9.98. The van der Waals surface area contributed by atoms with E-state index >= 15 is 0 Å². The summed E-state index contributed by atoms with van der Waals surface area (Å²) < 4.78 is 5.27. The number of ether oxygens (including phenoxy) is 1. The smallest absolute Gasteiger partial charge is 0.118 e. The van der Waals surface area contributed by atoms with Crippen LogP contribution in [0.4, 0.5) is 0 Å². The van der Waals surface area contributed by atoms with E-state index < -0.39 is 0 Å². The van der Waals surface area contributed by atoms with Gasteiger partial charge >= 0.3 is 0 Å². The average Bonchev–Trinajstić information content (AvgIpc) is 2.36. The normalized spacial score (nSPS) is 14.6. The molecular formula is C16H36O5. The molecule has 0 rings (SSSR count). The van der Waals surface area contributed by atoms with Crippen molar-refractivity contribution in [3.8, 4) is 0 Å². The van der Waals surface area contributed by atoms with E-state index in [-0.39, 0.29) is 24.2 Å². The Morgan fingerprint density at radius 3 is 1.33 bits per heavy atom. The van der Waals surface area contributed by atoms with Crippen LogP contribution in [-0.2, 0) is 14.5 Å². The SMILES string of the molecule is CC(C)CC(OO)C(C)C.CC(C)OCC(OO)C(C)C. The van der Waals surface area contributed by atoms with Gasteiger partial charge in [0.15, 0.2) is 0 Å². The first-order valence-corrected chi connectivity index (χ1v) is 7.87. The van der Waals surface area contributed by atoms with Gasteiger partial charge in [0.1, 0.15) is 6.10 Å². The molecule has 5 heteroatoms. The molecule has 0 aromatic carbocycles. The summed E-state index contributed by atoms with van der Waals surface area (Å²) in [6.45, 7) is 16.6. The highest BCUT2D eigenvalue weighted by Gasteiger charge is 2.15. The van der Waals surface area contributed by atoms with Crippen LogP contribution in [-0.4, -0.2) is 35.4 Å². The number of rotatable bonds is 9. The average molecular weight is 308 g/mol. The molecule has 0 spiro atoms. The Balaban J connectivity index is 0. The first-order valence-electron chi connectivity index (χ1n) is 7.87. The molecule has 0 aliphatic carbocycles. The van der Waals surface area contributed by atoms with Crippen molar-refractivity contribution in [3.05, 3.63) is 0 Å². The molecule has 0 saturated carbocycles. The van der Waals surface area contributed by atoms with Crippen molar-refractivity contribution in [2.75, 3.05) is 6.61 Å². The van der Waals surface area contributed by atoms with Gasteiger partial charge in [-0.25, -0.2) is 9.78 Å². The highest BCUT2D eigenvalue weighted by atomic mass is 17.1. The zero-order valence-electron chi connectivity index (χ0n) is 15.0. The summed E-state index contributed by atoms with van der Waals surface area (Å²) in [6.07, 6.45) is 0.901. The highest BCUT2D eigenvalue weighted by molar-refractivity contribution is 4.62. The van der Waals surface area contributed by atoms with Crippen molar-refractivity contribution in [2.45, 2.75) is 80.1 Å². The third kappa shape index (κ3) is 14.5. The van der Waals surface area contributed by atoms with Gasteiger partial charge in [-0.2, -0.15) is 0 Å². The second kappa shape index (κ2) is 13.5. The summed E-state index contributed by atoms with van der Waals surface area (Å²) in [4.78, 5) is 8.56. The molecule has 0 bridgehead atoms. The fourth-order valence-electron chi connectivity index (χ4n) is 1.53. The largest absolute Gasteiger partial charge is 0.376 e. The number of hydrogen-bond donors (Lipinski definition) is 2. The van der Waals surface area contributed by atoms with E-state index in [1.807, 2.05) is 41.5 Å². The molecule has 0 aliphatic heterocycles. The van der Waals surface area contributed by atoms with E-state index in [2.05, 4.69) is 23.6 Å². The molecular weight excluding hydrogens is 272 g/mol. The van der Waals surface area contributed by atoms with Crippen molar-refractivity contribution >= 4 is 0 Å². The van der Waals surface area contributed by atoms with Crippen LogP contribution in [0.1, 0.15) is 61.8 Å². The van der Waals surface area contributed by atoms with E-state index in [1.165, 1.54) is 0 Å². The van der Waals surface area contributed by atoms with Gasteiger partial charge in [0.2, 0.25) is 0 Å². The van der Waals surface area contributed by atoms with Crippen molar-refractivity contribution in [1.29, 1.82) is 0 Å². The second-order valence-corrected chi connectivity index (χ2v) is 6.79. The molecule has 0 heterocycles. The quantitative estimate of drug-likeness (QED) is 0.486. The van der Waals surface area contributed by atoms with E-state index in [1.54, 1.807) is 0 Å². The van der Waals surface area contributed by atoms with Crippen molar-refractivity contribution in [1.82, 2.24) is 0 Å². The van der Waals surface area contributed by atoms with Gasteiger partial charge < -0.3 is 4.74 Å². The minimum absolute atomic E-state index is 0.000000000000000444. The molecule has 130 valence electrons. The molecule has 2 N–H and O–H groups in total. The van der Waals surface area contributed by atoms with Crippen LogP contribution < -0.4 is 0 Å². The maximum absolute atomic E-state index is 8.45. The lowest BCUT2D eigenvalue weighted by molar-refractivity contribution is -0.298. The topological polar surface area (TPSA) is 68.2 Å². The molecule has 0 aromatic heterocycles. The van der Waals surface area contributed by atoms with Crippen molar-refractivity contribution in [2.24, 2.45) is 17.8 Å². The molecule has 0 amide bonds. The zero-order valence-corrected chi connectivity index (χ0v) is 15.0. The summed E-state index contributed by atoms with van der Waals surface area (Å²) in [5, 5.41) is 16.9. The molecule has 5 nitrogen and oxygen atoms in total. The third-order valence-electron chi connectivity index (χ3n) is 3.06. The second-order valence-electron chi connectivity index (χ2n) is 6.79. The van der Waals surface area contributed by atoms with Crippen LogP contribution in [0.3, 0.4) is 0 Å². The Bertz CT molecular complexity index is 217. The van der Waals surface area contributed by atoms with Crippen LogP contribution in [0.5, 0.6) is 0 Å². The van der Waals surface area contributed by atoms with Gasteiger partial charge in [0.05, 0.1) is 18.8 Å². The van der Waals surface area contributed by atoms with Crippen molar-refractivity contribution < 1.29 is 25.0 Å². The zero-order chi connectivity index (χ0) is 17.0. The predicted molar refractivity (Wildman–Crippen MR) is 85.2 cm³/mol. The lowest BCUT2D eigenvalue weighted by Gasteiger charge is -2.18. The summed E-state index contributed by atoms with van der Waals surface area (Å²) >= 11 is 0. The minimum atomic E-state index is -0.211. The van der Waals surface area contributed by atoms with E-state index in [4.69, 9.17) is 15.3 Å². The standard InChI is InChI=1S/C8H18O3.C8H18O2/c1-6(2)8(11-9)5-10-7(3)4;1-6(2)5-8(10-9)7(3)4/h6-9H,5H2,1-4H3;6-9H,5H2,1-4H3. The fraction of sp³-hybridized carbons (Fsp3) is 1.00. The molecule has 0 fully saturated rings. The first kappa shape index (κ1) is 23.1. The third-order valence-corrected chi connectivity index (χ3v) is 3.06. The summed E-state index contributed by atoms with van der Waals surface area (Å²) in [5.74, 6) is 1.26. The van der Waals surface area contributed by atoms with E-state index in [0.717, 1.165) is 6.42 Å². The van der Waals surface area contributed by atoms with Gasteiger partial charge in [-0.1, -0.05) is 41.5 Å². The molecule has 0 radical (unpaired) electrons. The molecule has 21 heavy (non-hydrogen) atoms. The van der Waals surface area contributed by atoms with Gasteiger partial charge in [-0.3, -0.25) is 10.5 Å². The molecule has 2 atom stereocenters. The Kier molecular flexibility index (Phi) is 14.8. The van der Waals surface area contributed by atoms with Crippen LogP contribution in [0, 0.1) is 17.8 Å². The van der Waals surface area contributed by atoms with Crippen LogP contribution in [0.15, 0.2) is 0 Å². The Morgan fingerprint density at radius 1 is 0.714 bits per heavy atom. The predicted octanol–water partition coefficient (Wildman–Crippen LogP) is 4.47. The molecule has 0 aliphatic rings. The van der Waals surface area contributed by atoms with Gasteiger partial charge in [0.25, 0.3) is 0 Å². The lowest BCUT2D eigenvalue weighted by Crippen LogP contribution is -2.26. The Labute approximate surface area is 130 Å². The molecule has 2 unspecified atom stereocenters. The fourth-order valence-corrected chi connectivity index (χ4v) is 1.53. The summed E-state index contributed by atoms with van der Waals surface area (Å²) in [7, 11) is 0. The highest BCUT2D eigenvalue weighted by Crippen LogP contribution is 2.14. The Hall–Kier alpha value is -0.200. The van der Waals surface area contributed by atoms with Gasteiger partial charge in [0, 0.05) is 0 Å². The van der Waals surface area contributed by atoms with Gasteiger partial charge in [-0.15, -0.1) is 0 Å². The van der Waals surface area contributed by atoms with Crippen LogP contribution >= 0.6 is 0 Å². The summed E-state index contributed by atoms with van der Waals surface area (Å²) in [6, 6.07) is 0. The van der Waals surface area contributed by atoms with Crippen LogP contribution in [0.2, 0.25) is 0 Å². The minimum Gasteiger partial charge on any atom is -0.376 e. The monoisotopic (exact) mass is 308 g/mol. The summed E-state index contributed by atoms with van der Waals surface area (Å²) in [5.41, 5.74) is 0. The van der Waals surface area contributed by atoms with Crippen molar-refractivity contribution in [3.63, 3.8) is 0 Å². The van der Waals surface area contributed by atoms with Gasteiger partial charge in [-0.05, 0) is 38.0 Å². The molecule has 0 saturated heterocycles. The maximum atomic E-state index is 8.45. The molecule has 0 aromatic rings.